The van der Waals surface area contributed by atoms with Crippen LogP contribution in [0.4, 0.5) is 5.69 Å². The van der Waals surface area contributed by atoms with Crippen LogP contribution in [-0.2, 0) is 10.0 Å². The molecular formula is C18H21IN2O3S. The van der Waals surface area contributed by atoms with Gasteiger partial charge in [-0.05, 0) is 58.3 Å². The minimum atomic E-state index is -3.59. The van der Waals surface area contributed by atoms with Crippen LogP contribution in [0.1, 0.15) is 35.7 Å². The average molecular weight is 472 g/mol. The van der Waals surface area contributed by atoms with Crippen molar-refractivity contribution < 1.29 is 13.2 Å². The largest absolute Gasteiger partial charge is 0.322 e. The molecule has 1 N–H and O–H groups in total. The van der Waals surface area contributed by atoms with Crippen molar-refractivity contribution in [1.29, 1.82) is 0 Å². The van der Waals surface area contributed by atoms with Crippen molar-refractivity contribution >= 4 is 44.2 Å². The molecular weight excluding hydrogens is 451 g/mol. The minimum Gasteiger partial charge on any atom is -0.322 e. The summed E-state index contributed by atoms with van der Waals surface area (Å²) in [5.74, 6) is -0.0654. The Kier molecular flexibility index (Phi) is 6.23. The van der Waals surface area contributed by atoms with Crippen LogP contribution in [0.3, 0.4) is 0 Å². The highest BCUT2D eigenvalue weighted by Gasteiger charge is 2.21. The van der Waals surface area contributed by atoms with E-state index in [-0.39, 0.29) is 16.7 Å². The molecule has 0 saturated carbocycles. The molecule has 0 atom stereocenters. The molecule has 0 heterocycles. The Balaban J connectivity index is 2.41. The van der Waals surface area contributed by atoms with Gasteiger partial charge < -0.3 is 5.32 Å². The van der Waals surface area contributed by atoms with Crippen LogP contribution >= 0.6 is 22.6 Å². The van der Waals surface area contributed by atoms with Gasteiger partial charge in [-0.2, -0.15) is 0 Å². The number of nitrogens with one attached hydrogen (secondary N) is 1. The third-order valence-corrected chi connectivity index (χ3v) is 6.54. The summed E-state index contributed by atoms with van der Waals surface area (Å²) in [5, 5.41) is 2.90. The van der Waals surface area contributed by atoms with E-state index in [1.54, 1.807) is 6.07 Å². The van der Waals surface area contributed by atoms with Gasteiger partial charge in [0.1, 0.15) is 0 Å². The summed E-state index contributed by atoms with van der Waals surface area (Å²) in [6.07, 6.45) is 0. The topological polar surface area (TPSA) is 66.5 Å². The first-order chi connectivity index (χ1) is 11.6. The van der Waals surface area contributed by atoms with E-state index in [1.807, 2.05) is 46.9 Å². The van der Waals surface area contributed by atoms with Gasteiger partial charge in [-0.3, -0.25) is 4.79 Å². The minimum absolute atomic E-state index is 0.0974. The van der Waals surface area contributed by atoms with Crippen LogP contribution in [0.5, 0.6) is 0 Å². The lowest BCUT2D eigenvalue weighted by atomic mass is 10.0. The van der Waals surface area contributed by atoms with Gasteiger partial charge in [0.05, 0.1) is 10.5 Å². The number of sulfonamides is 1. The van der Waals surface area contributed by atoms with E-state index in [1.165, 1.54) is 26.2 Å². The Morgan fingerprint density at radius 1 is 1.12 bits per heavy atom. The second kappa shape index (κ2) is 7.84. The van der Waals surface area contributed by atoms with Crippen molar-refractivity contribution in [3.8, 4) is 0 Å². The number of halogens is 1. The SMILES string of the molecule is CC(C)c1ccccc1NC(=O)c1cc(S(=O)(=O)N(C)C)ccc1I. The van der Waals surface area contributed by atoms with Crippen molar-refractivity contribution in [3.05, 3.63) is 57.2 Å². The van der Waals surface area contributed by atoms with E-state index in [2.05, 4.69) is 19.2 Å². The summed E-state index contributed by atoms with van der Waals surface area (Å²) in [4.78, 5) is 12.8. The highest BCUT2D eigenvalue weighted by atomic mass is 127. The summed E-state index contributed by atoms with van der Waals surface area (Å²) in [7, 11) is -0.666. The Morgan fingerprint density at radius 3 is 2.36 bits per heavy atom. The molecule has 7 heteroatoms. The number of carbonyl (C=O) groups excluding carboxylic acids is 1. The molecule has 0 spiro atoms. The van der Waals surface area contributed by atoms with Gasteiger partial charge in [0.2, 0.25) is 10.0 Å². The van der Waals surface area contributed by atoms with Gasteiger partial charge in [-0.25, -0.2) is 12.7 Å². The summed E-state index contributed by atoms with van der Waals surface area (Å²) >= 11 is 2.03. The molecule has 2 aromatic carbocycles. The predicted molar refractivity (Wildman–Crippen MR) is 109 cm³/mol. The van der Waals surface area contributed by atoms with Gasteiger partial charge in [-0.1, -0.05) is 32.0 Å². The molecule has 0 aliphatic rings. The maximum absolute atomic E-state index is 12.7. The van der Waals surface area contributed by atoms with E-state index in [4.69, 9.17) is 0 Å². The lowest BCUT2D eigenvalue weighted by Gasteiger charge is -2.15. The monoisotopic (exact) mass is 472 g/mol. The van der Waals surface area contributed by atoms with Crippen LogP contribution in [0.2, 0.25) is 0 Å². The molecule has 5 nitrogen and oxygen atoms in total. The molecule has 0 aromatic heterocycles. The second-order valence-corrected chi connectivity index (χ2v) is 9.44. The van der Waals surface area contributed by atoms with Crippen LogP contribution in [-0.4, -0.2) is 32.7 Å². The highest BCUT2D eigenvalue weighted by molar-refractivity contribution is 14.1. The van der Waals surface area contributed by atoms with Crippen molar-refractivity contribution in [3.63, 3.8) is 0 Å². The lowest BCUT2D eigenvalue weighted by Crippen LogP contribution is -2.23. The van der Waals surface area contributed by atoms with E-state index >= 15 is 0 Å². The Bertz CT molecular complexity index is 893. The molecule has 2 aromatic rings. The van der Waals surface area contributed by atoms with Crippen LogP contribution in [0, 0.1) is 3.57 Å². The molecule has 0 radical (unpaired) electrons. The maximum Gasteiger partial charge on any atom is 0.256 e. The van der Waals surface area contributed by atoms with E-state index < -0.39 is 10.0 Å². The van der Waals surface area contributed by atoms with Gasteiger partial charge in [-0.15, -0.1) is 0 Å². The standard InChI is InChI=1S/C18H21IN2O3S/c1-12(2)14-7-5-6-8-17(14)20-18(22)15-11-13(9-10-16(15)19)25(23,24)21(3)4/h5-12H,1-4H3,(H,20,22). The lowest BCUT2D eigenvalue weighted by molar-refractivity contribution is 0.102. The maximum atomic E-state index is 12.7. The molecule has 1 amide bonds. The molecule has 134 valence electrons. The molecule has 0 bridgehead atoms. The molecule has 0 aliphatic carbocycles. The summed E-state index contributed by atoms with van der Waals surface area (Å²) in [6, 6.07) is 12.2. The number of nitrogens with zero attached hydrogens (tertiary/aromatic N) is 1. The van der Waals surface area contributed by atoms with Crippen LogP contribution in [0.15, 0.2) is 47.4 Å². The van der Waals surface area contributed by atoms with E-state index in [0.29, 0.717) is 9.13 Å². The first kappa shape index (κ1) is 19.9. The Morgan fingerprint density at radius 2 is 1.76 bits per heavy atom. The molecule has 0 unspecified atom stereocenters. The predicted octanol–water partition coefficient (Wildman–Crippen LogP) is 3.92. The Hall–Kier alpha value is -1.45. The molecule has 25 heavy (non-hydrogen) atoms. The zero-order valence-electron chi connectivity index (χ0n) is 14.6. The fourth-order valence-electron chi connectivity index (χ4n) is 2.35. The number of para-hydroxylation sites is 1. The molecule has 2 rings (SSSR count). The highest BCUT2D eigenvalue weighted by Crippen LogP contribution is 2.26. The second-order valence-electron chi connectivity index (χ2n) is 6.13. The smallest absolute Gasteiger partial charge is 0.256 e. The summed E-state index contributed by atoms with van der Waals surface area (Å²) in [5.41, 5.74) is 2.10. The van der Waals surface area contributed by atoms with Crippen molar-refractivity contribution in [2.24, 2.45) is 0 Å². The van der Waals surface area contributed by atoms with Crippen LogP contribution < -0.4 is 5.32 Å². The number of benzene rings is 2. The summed E-state index contributed by atoms with van der Waals surface area (Å²) < 4.78 is 26.4. The third-order valence-electron chi connectivity index (χ3n) is 3.79. The quantitative estimate of drug-likeness (QED) is 0.672. The van der Waals surface area contributed by atoms with Gasteiger partial charge in [0, 0.05) is 23.4 Å². The average Bonchev–Trinajstić information content (AvgIpc) is 2.55. The zero-order chi connectivity index (χ0) is 18.8. The van der Waals surface area contributed by atoms with Gasteiger partial charge in [0.25, 0.3) is 5.91 Å². The molecule has 0 saturated heterocycles. The number of hydrogen-bond donors (Lipinski definition) is 1. The van der Waals surface area contributed by atoms with E-state index in [9.17, 15) is 13.2 Å². The molecule has 0 aliphatic heterocycles. The van der Waals surface area contributed by atoms with Gasteiger partial charge in [0.15, 0.2) is 0 Å². The van der Waals surface area contributed by atoms with Crippen molar-refractivity contribution in [2.75, 3.05) is 19.4 Å². The number of amides is 1. The summed E-state index contributed by atoms with van der Waals surface area (Å²) in [6.45, 7) is 4.11. The van der Waals surface area contributed by atoms with Crippen LogP contribution in [0.25, 0.3) is 0 Å². The molecule has 0 fully saturated rings. The van der Waals surface area contributed by atoms with Gasteiger partial charge >= 0.3 is 0 Å². The fraction of sp³-hybridized carbons (Fsp3) is 0.278. The number of anilines is 1. The fourth-order valence-corrected chi connectivity index (χ4v) is 3.86. The number of rotatable bonds is 5. The number of hydrogen-bond acceptors (Lipinski definition) is 3. The third kappa shape index (κ3) is 4.39. The zero-order valence-corrected chi connectivity index (χ0v) is 17.6. The van der Waals surface area contributed by atoms with Crippen molar-refractivity contribution in [2.45, 2.75) is 24.7 Å². The normalized spacial score (nSPS) is 11.8. The first-order valence-corrected chi connectivity index (χ1v) is 10.3. The van der Waals surface area contributed by atoms with Crippen molar-refractivity contribution in [1.82, 2.24) is 4.31 Å². The Labute approximate surface area is 162 Å². The number of carbonyl (C=O) groups is 1. The van der Waals surface area contributed by atoms with E-state index in [0.717, 1.165) is 15.6 Å². The first-order valence-electron chi connectivity index (χ1n) is 7.77.